The molecule has 6 nitrogen and oxygen atoms in total. The van der Waals surface area contributed by atoms with Gasteiger partial charge >= 0.3 is 0 Å². The largest absolute Gasteiger partial charge is 0.381 e. The van der Waals surface area contributed by atoms with Crippen LogP contribution >= 0.6 is 0 Å². The minimum Gasteiger partial charge on any atom is -0.381 e. The molecule has 1 aliphatic rings. The molecular formula is C26H21F2N3O3S. The Bertz CT molecular complexity index is 1670. The fourth-order valence-corrected chi connectivity index (χ4v) is 6.11. The van der Waals surface area contributed by atoms with Crippen LogP contribution in [-0.4, -0.2) is 35.4 Å². The van der Waals surface area contributed by atoms with Crippen LogP contribution in [0.3, 0.4) is 0 Å². The summed E-state index contributed by atoms with van der Waals surface area (Å²) >= 11 is 0. The van der Waals surface area contributed by atoms with E-state index < -0.39 is 21.7 Å². The lowest BCUT2D eigenvalue weighted by atomic mass is 9.96. The van der Waals surface area contributed by atoms with Crippen molar-refractivity contribution < 1.29 is 21.9 Å². The Morgan fingerprint density at radius 1 is 0.857 bits per heavy atom. The summed E-state index contributed by atoms with van der Waals surface area (Å²) in [5, 5.41) is 5.59. The molecule has 3 aromatic carbocycles. The molecule has 1 fully saturated rings. The normalized spacial score (nSPS) is 15.3. The van der Waals surface area contributed by atoms with Gasteiger partial charge in [0.2, 0.25) is 0 Å². The Balaban J connectivity index is 1.59. The number of aromatic nitrogens is 3. The number of hydrogen-bond acceptors (Lipinski definition) is 4. The molecular weight excluding hydrogens is 472 g/mol. The standard InChI is InChI=1S/C26H21F2N3O3S/c27-22-7-6-20(15-23(22)28)30-24(17-8-10-34-11-9-17)12-18-13-26-19(14-25(18)30)16-29-31(26)35(32,33)21-4-2-1-3-5-21/h1-7,12-17H,8-11H2. The van der Waals surface area contributed by atoms with Gasteiger partial charge < -0.3 is 9.30 Å². The molecule has 0 saturated carbocycles. The van der Waals surface area contributed by atoms with E-state index in [9.17, 15) is 17.2 Å². The third kappa shape index (κ3) is 3.62. The van der Waals surface area contributed by atoms with Gasteiger partial charge in [0.15, 0.2) is 11.6 Å². The number of benzene rings is 3. The van der Waals surface area contributed by atoms with E-state index in [1.165, 1.54) is 24.4 Å². The third-order valence-corrected chi connectivity index (χ3v) is 8.17. The van der Waals surface area contributed by atoms with Crippen LogP contribution in [0.15, 0.2) is 77.8 Å². The minimum atomic E-state index is -3.89. The van der Waals surface area contributed by atoms with Gasteiger partial charge in [0.1, 0.15) is 0 Å². The Labute approximate surface area is 200 Å². The lowest BCUT2D eigenvalue weighted by Gasteiger charge is -2.24. The van der Waals surface area contributed by atoms with Crippen LogP contribution in [0.25, 0.3) is 27.5 Å². The number of hydrogen-bond donors (Lipinski definition) is 0. The second-order valence-corrected chi connectivity index (χ2v) is 10.4. The highest BCUT2D eigenvalue weighted by atomic mass is 32.2. The molecule has 1 saturated heterocycles. The van der Waals surface area contributed by atoms with E-state index in [0.717, 1.165) is 39.6 Å². The molecule has 0 bridgehead atoms. The second-order valence-electron chi connectivity index (χ2n) is 8.67. The van der Waals surface area contributed by atoms with E-state index in [2.05, 4.69) is 5.10 Å². The lowest BCUT2D eigenvalue weighted by molar-refractivity contribution is 0.0842. The first kappa shape index (κ1) is 21.9. The molecule has 35 heavy (non-hydrogen) atoms. The molecule has 0 amide bonds. The average molecular weight is 494 g/mol. The molecule has 6 rings (SSSR count). The Hall–Kier alpha value is -3.56. The summed E-state index contributed by atoms with van der Waals surface area (Å²) in [5.41, 5.74) is 2.67. The molecule has 0 N–H and O–H groups in total. The SMILES string of the molecule is O=S(=O)(c1ccccc1)n1ncc2cc3c(cc(C4CCOCC4)n3-c3ccc(F)c(F)c3)cc21. The van der Waals surface area contributed by atoms with Crippen molar-refractivity contribution in [2.75, 3.05) is 13.2 Å². The zero-order chi connectivity index (χ0) is 24.2. The van der Waals surface area contributed by atoms with Gasteiger partial charge in [-0.1, -0.05) is 18.2 Å². The first-order chi connectivity index (χ1) is 16.9. The number of fused-ring (bicyclic) bond motifs is 2. The van der Waals surface area contributed by atoms with Gasteiger partial charge in [0, 0.05) is 47.4 Å². The Kier molecular flexibility index (Phi) is 5.19. The summed E-state index contributed by atoms with van der Waals surface area (Å²) < 4.78 is 62.9. The van der Waals surface area contributed by atoms with E-state index in [4.69, 9.17) is 4.74 Å². The summed E-state index contributed by atoms with van der Waals surface area (Å²) in [7, 11) is -3.89. The molecule has 0 unspecified atom stereocenters. The van der Waals surface area contributed by atoms with Gasteiger partial charge in [-0.25, -0.2) is 8.78 Å². The fraction of sp³-hybridized carbons (Fsp3) is 0.192. The zero-order valence-electron chi connectivity index (χ0n) is 18.6. The highest BCUT2D eigenvalue weighted by molar-refractivity contribution is 7.90. The minimum absolute atomic E-state index is 0.146. The van der Waals surface area contributed by atoms with Gasteiger partial charge in [0.25, 0.3) is 10.0 Å². The highest BCUT2D eigenvalue weighted by Gasteiger charge is 2.25. The molecule has 9 heteroatoms. The van der Waals surface area contributed by atoms with Gasteiger partial charge in [0.05, 0.1) is 22.1 Å². The van der Waals surface area contributed by atoms with E-state index >= 15 is 0 Å². The predicted octanol–water partition coefficient (Wildman–Crippen LogP) is 5.39. The van der Waals surface area contributed by atoms with Crippen LogP contribution in [0.4, 0.5) is 8.78 Å². The van der Waals surface area contributed by atoms with Crippen LogP contribution in [0, 0.1) is 11.6 Å². The quantitative estimate of drug-likeness (QED) is 0.337. The molecule has 0 radical (unpaired) electrons. The summed E-state index contributed by atoms with van der Waals surface area (Å²) in [4.78, 5) is 0.146. The lowest BCUT2D eigenvalue weighted by Crippen LogP contribution is -2.16. The summed E-state index contributed by atoms with van der Waals surface area (Å²) in [6, 6.07) is 17.6. The molecule has 3 heterocycles. The molecule has 5 aromatic rings. The molecule has 0 spiro atoms. The van der Waals surface area contributed by atoms with Crippen molar-refractivity contribution in [1.29, 1.82) is 0 Å². The number of rotatable bonds is 4. The topological polar surface area (TPSA) is 66.1 Å². The van der Waals surface area contributed by atoms with Gasteiger partial charge in [-0.15, -0.1) is 0 Å². The van der Waals surface area contributed by atoms with Gasteiger partial charge in [-0.3, -0.25) is 0 Å². The highest BCUT2D eigenvalue weighted by Crippen LogP contribution is 2.36. The van der Waals surface area contributed by atoms with Crippen LogP contribution in [0.5, 0.6) is 0 Å². The molecule has 0 atom stereocenters. The smallest absolute Gasteiger partial charge is 0.283 e. The van der Waals surface area contributed by atoms with Crippen molar-refractivity contribution in [3.8, 4) is 5.69 Å². The first-order valence-corrected chi connectivity index (χ1v) is 12.7. The third-order valence-electron chi connectivity index (χ3n) is 6.56. The first-order valence-electron chi connectivity index (χ1n) is 11.3. The van der Waals surface area contributed by atoms with Crippen molar-refractivity contribution in [3.05, 3.63) is 90.3 Å². The van der Waals surface area contributed by atoms with Crippen LogP contribution in [0.2, 0.25) is 0 Å². The predicted molar refractivity (Wildman–Crippen MR) is 128 cm³/mol. The fourth-order valence-electron chi connectivity index (χ4n) is 4.82. The average Bonchev–Trinajstić information content (AvgIpc) is 3.47. The van der Waals surface area contributed by atoms with Crippen molar-refractivity contribution >= 4 is 31.8 Å². The van der Waals surface area contributed by atoms with E-state index in [1.807, 2.05) is 16.7 Å². The number of halogens is 2. The van der Waals surface area contributed by atoms with Crippen molar-refractivity contribution in [2.24, 2.45) is 0 Å². The number of nitrogens with zero attached hydrogens (tertiary/aromatic N) is 3. The van der Waals surface area contributed by atoms with E-state index in [0.29, 0.717) is 29.8 Å². The van der Waals surface area contributed by atoms with Crippen LogP contribution in [-0.2, 0) is 14.8 Å². The maximum atomic E-state index is 14.2. The summed E-state index contributed by atoms with van der Waals surface area (Å²) in [6.45, 7) is 1.24. The van der Waals surface area contributed by atoms with Gasteiger partial charge in [-0.2, -0.15) is 17.6 Å². The monoisotopic (exact) mass is 493 g/mol. The van der Waals surface area contributed by atoms with Crippen molar-refractivity contribution in [1.82, 2.24) is 13.8 Å². The van der Waals surface area contributed by atoms with Crippen molar-refractivity contribution in [2.45, 2.75) is 23.7 Å². The maximum absolute atomic E-state index is 14.2. The molecule has 0 aliphatic carbocycles. The maximum Gasteiger partial charge on any atom is 0.283 e. The van der Waals surface area contributed by atoms with Crippen LogP contribution in [0.1, 0.15) is 24.5 Å². The van der Waals surface area contributed by atoms with E-state index in [1.54, 1.807) is 30.3 Å². The second kappa shape index (κ2) is 8.28. The Morgan fingerprint density at radius 3 is 2.34 bits per heavy atom. The van der Waals surface area contributed by atoms with Crippen molar-refractivity contribution in [3.63, 3.8) is 0 Å². The summed E-state index contributed by atoms with van der Waals surface area (Å²) in [6.07, 6.45) is 3.11. The van der Waals surface area contributed by atoms with Gasteiger partial charge in [-0.05, 0) is 55.3 Å². The van der Waals surface area contributed by atoms with Crippen LogP contribution < -0.4 is 0 Å². The molecule has 2 aromatic heterocycles. The molecule has 1 aliphatic heterocycles. The Morgan fingerprint density at radius 2 is 1.60 bits per heavy atom. The molecule has 178 valence electrons. The zero-order valence-corrected chi connectivity index (χ0v) is 19.4. The summed E-state index contributed by atoms with van der Waals surface area (Å²) in [5.74, 6) is -1.67. The number of ether oxygens (including phenoxy) is 1. The van der Waals surface area contributed by atoms with E-state index in [-0.39, 0.29) is 10.8 Å².